The summed E-state index contributed by atoms with van der Waals surface area (Å²) in [5.74, 6) is -2.89. The summed E-state index contributed by atoms with van der Waals surface area (Å²) in [6.07, 6.45) is -4.85. The maximum atomic E-state index is 12.8. The molecule has 19 heavy (non-hydrogen) atoms. The molecule has 1 unspecified atom stereocenters. The van der Waals surface area contributed by atoms with Gasteiger partial charge in [-0.05, 0) is 17.7 Å². The van der Waals surface area contributed by atoms with Crippen LogP contribution in [0.25, 0.3) is 0 Å². The molecule has 0 radical (unpaired) electrons. The first-order valence-corrected chi connectivity index (χ1v) is 5.32. The summed E-state index contributed by atoms with van der Waals surface area (Å²) < 4.78 is 47.4. The highest BCUT2D eigenvalue weighted by Gasteiger charge is 2.38. The highest BCUT2D eigenvalue weighted by Crippen LogP contribution is 2.39. The lowest BCUT2D eigenvalue weighted by molar-refractivity contribution is -0.152. The second-order valence-corrected chi connectivity index (χ2v) is 4.01. The standard InChI is InChI=1S/C12H9F3O4/c1-18-9-3-2-6(4-8(9)12(13,14)15)7-5-10(16)19-11(7)17/h2-4,7H,5H2,1H3. The van der Waals surface area contributed by atoms with Gasteiger partial charge in [0.15, 0.2) is 0 Å². The predicted molar refractivity (Wildman–Crippen MR) is 56.5 cm³/mol. The third-order valence-electron chi connectivity index (χ3n) is 2.80. The largest absolute Gasteiger partial charge is 0.496 e. The molecule has 1 heterocycles. The molecule has 1 aliphatic heterocycles. The zero-order chi connectivity index (χ0) is 14.2. The highest BCUT2D eigenvalue weighted by atomic mass is 19.4. The SMILES string of the molecule is COc1ccc(C2CC(=O)OC2=O)cc1C(F)(F)F. The maximum Gasteiger partial charge on any atom is 0.419 e. The molecular formula is C12H9F3O4. The van der Waals surface area contributed by atoms with Crippen LogP contribution >= 0.6 is 0 Å². The van der Waals surface area contributed by atoms with Gasteiger partial charge in [0.1, 0.15) is 5.75 Å². The van der Waals surface area contributed by atoms with Crippen molar-refractivity contribution in [1.82, 2.24) is 0 Å². The van der Waals surface area contributed by atoms with Gasteiger partial charge in [-0.15, -0.1) is 0 Å². The molecule has 1 aromatic carbocycles. The second-order valence-electron chi connectivity index (χ2n) is 4.01. The first kappa shape index (κ1) is 13.4. The minimum atomic E-state index is -4.60. The average molecular weight is 274 g/mol. The quantitative estimate of drug-likeness (QED) is 0.613. The van der Waals surface area contributed by atoms with Crippen LogP contribution in [-0.4, -0.2) is 19.0 Å². The molecule has 0 spiro atoms. The number of carbonyl (C=O) groups excluding carboxylic acids is 2. The maximum absolute atomic E-state index is 12.8. The lowest BCUT2D eigenvalue weighted by atomic mass is 9.95. The first-order valence-electron chi connectivity index (χ1n) is 5.32. The van der Waals surface area contributed by atoms with E-state index < -0.39 is 29.6 Å². The topological polar surface area (TPSA) is 52.6 Å². The van der Waals surface area contributed by atoms with Gasteiger partial charge in [0.05, 0.1) is 25.0 Å². The van der Waals surface area contributed by atoms with Crippen molar-refractivity contribution in [3.63, 3.8) is 0 Å². The van der Waals surface area contributed by atoms with Gasteiger partial charge in [-0.25, -0.2) is 0 Å². The summed E-state index contributed by atoms with van der Waals surface area (Å²) in [5.41, 5.74) is -0.899. The van der Waals surface area contributed by atoms with Crippen molar-refractivity contribution in [3.8, 4) is 5.75 Å². The van der Waals surface area contributed by atoms with Gasteiger partial charge >= 0.3 is 18.1 Å². The number of methoxy groups -OCH3 is 1. The van der Waals surface area contributed by atoms with Crippen molar-refractivity contribution >= 4 is 11.9 Å². The van der Waals surface area contributed by atoms with Crippen LogP contribution in [0.2, 0.25) is 0 Å². The van der Waals surface area contributed by atoms with E-state index in [2.05, 4.69) is 9.47 Å². The number of hydrogen-bond acceptors (Lipinski definition) is 4. The number of alkyl halides is 3. The highest BCUT2D eigenvalue weighted by molar-refractivity contribution is 5.97. The number of cyclic esters (lactones) is 2. The van der Waals surface area contributed by atoms with Crippen LogP contribution in [0.4, 0.5) is 13.2 Å². The molecule has 1 fully saturated rings. The normalized spacial score (nSPS) is 19.5. The van der Waals surface area contributed by atoms with E-state index in [-0.39, 0.29) is 17.7 Å². The van der Waals surface area contributed by atoms with Crippen molar-refractivity contribution in [2.24, 2.45) is 0 Å². The van der Waals surface area contributed by atoms with Crippen molar-refractivity contribution in [1.29, 1.82) is 0 Å². The first-order chi connectivity index (χ1) is 8.82. The molecule has 2 rings (SSSR count). The summed E-state index contributed by atoms with van der Waals surface area (Å²) in [4.78, 5) is 22.3. The summed E-state index contributed by atoms with van der Waals surface area (Å²) in [5, 5.41) is 0. The third-order valence-corrected chi connectivity index (χ3v) is 2.80. The fraction of sp³-hybridized carbons (Fsp3) is 0.333. The fourth-order valence-electron chi connectivity index (χ4n) is 1.89. The predicted octanol–water partition coefficient (Wildman–Crippen LogP) is 2.27. The smallest absolute Gasteiger partial charge is 0.419 e. The lowest BCUT2D eigenvalue weighted by Gasteiger charge is -2.14. The van der Waals surface area contributed by atoms with Crippen molar-refractivity contribution < 1.29 is 32.2 Å². The minimum absolute atomic E-state index is 0.0870. The molecule has 0 aromatic heterocycles. The number of hydrogen-bond donors (Lipinski definition) is 0. The molecule has 0 bridgehead atoms. The molecule has 0 saturated carbocycles. The van der Waals surface area contributed by atoms with Crippen LogP contribution < -0.4 is 4.74 Å². The Kier molecular flexibility index (Phi) is 3.21. The van der Waals surface area contributed by atoms with Gasteiger partial charge in [-0.1, -0.05) is 6.07 Å². The van der Waals surface area contributed by atoms with Crippen LogP contribution in [0.1, 0.15) is 23.5 Å². The Morgan fingerprint density at radius 1 is 1.32 bits per heavy atom. The van der Waals surface area contributed by atoms with Gasteiger partial charge in [0, 0.05) is 0 Å². The summed E-state index contributed by atoms with van der Waals surface area (Å²) in [6.45, 7) is 0. The van der Waals surface area contributed by atoms with E-state index >= 15 is 0 Å². The molecule has 1 aromatic rings. The Morgan fingerprint density at radius 3 is 2.47 bits per heavy atom. The monoisotopic (exact) mass is 274 g/mol. The number of benzene rings is 1. The molecule has 0 N–H and O–H groups in total. The molecule has 102 valence electrons. The molecule has 0 aliphatic carbocycles. The third kappa shape index (κ3) is 2.54. The van der Waals surface area contributed by atoms with E-state index in [1.54, 1.807) is 0 Å². The number of rotatable bonds is 2. The number of halogens is 3. The number of carbonyl (C=O) groups is 2. The van der Waals surface area contributed by atoms with Gasteiger partial charge in [0.2, 0.25) is 0 Å². The molecule has 7 heteroatoms. The van der Waals surface area contributed by atoms with E-state index in [0.717, 1.165) is 19.2 Å². The van der Waals surface area contributed by atoms with Crippen molar-refractivity contribution in [3.05, 3.63) is 29.3 Å². The Hall–Kier alpha value is -2.05. The molecule has 0 amide bonds. The summed E-state index contributed by atoms with van der Waals surface area (Å²) in [7, 11) is 1.12. The van der Waals surface area contributed by atoms with Crippen molar-refractivity contribution in [2.45, 2.75) is 18.5 Å². The molecule has 1 saturated heterocycles. The zero-order valence-electron chi connectivity index (χ0n) is 9.78. The van der Waals surface area contributed by atoms with Gasteiger partial charge in [-0.2, -0.15) is 13.2 Å². The second kappa shape index (κ2) is 4.56. The van der Waals surface area contributed by atoms with Crippen LogP contribution in [-0.2, 0) is 20.5 Å². The van der Waals surface area contributed by atoms with E-state index in [9.17, 15) is 22.8 Å². The Labute approximate surface area is 106 Å². The fourth-order valence-corrected chi connectivity index (χ4v) is 1.89. The van der Waals surface area contributed by atoms with E-state index in [0.29, 0.717) is 0 Å². The van der Waals surface area contributed by atoms with Crippen LogP contribution in [0.15, 0.2) is 18.2 Å². The van der Waals surface area contributed by atoms with Gasteiger partial charge in [0.25, 0.3) is 0 Å². The van der Waals surface area contributed by atoms with Gasteiger partial charge in [-0.3, -0.25) is 9.59 Å². The molecule has 4 nitrogen and oxygen atoms in total. The average Bonchev–Trinajstić information content (AvgIpc) is 2.66. The Balaban J connectivity index is 2.44. The summed E-state index contributed by atoms with van der Waals surface area (Å²) >= 11 is 0. The van der Waals surface area contributed by atoms with Crippen LogP contribution in [0, 0.1) is 0 Å². The lowest BCUT2D eigenvalue weighted by Crippen LogP contribution is -2.11. The number of ether oxygens (including phenoxy) is 2. The van der Waals surface area contributed by atoms with Gasteiger partial charge < -0.3 is 9.47 Å². The van der Waals surface area contributed by atoms with Crippen LogP contribution in [0.5, 0.6) is 5.75 Å². The Bertz CT molecular complexity index is 536. The minimum Gasteiger partial charge on any atom is -0.496 e. The molecule has 1 atom stereocenters. The summed E-state index contributed by atoms with van der Waals surface area (Å²) in [6, 6.07) is 3.25. The Morgan fingerprint density at radius 2 is 2.00 bits per heavy atom. The van der Waals surface area contributed by atoms with Crippen LogP contribution in [0.3, 0.4) is 0 Å². The molecule has 1 aliphatic rings. The van der Waals surface area contributed by atoms with E-state index in [1.807, 2.05) is 0 Å². The molecular weight excluding hydrogens is 265 g/mol. The van der Waals surface area contributed by atoms with E-state index in [4.69, 9.17) is 0 Å². The van der Waals surface area contributed by atoms with Crippen molar-refractivity contribution in [2.75, 3.05) is 7.11 Å². The zero-order valence-corrected chi connectivity index (χ0v) is 9.78. The number of esters is 2. The van der Waals surface area contributed by atoms with E-state index in [1.165, 1.54) is 6.07 Å².